The summed E-state index contributed by atoms with van der Waals surface area (Å²) in [6.45, 7) is 19.6. The summed E-state index contributed by atoms with van der Waals surface area (Å²) >= 11 is 0. The molecule has 0 aliphatic heterocycles. The van der Waals surface area contributed by atoms with Crippen molar-refractivity contribution in [3.8, 4) is 0 Å². The van der Waals surface area contributed by atoms with Gasteiger partial charge in [0.1, 0.15) is 0 Å². The zero-order chi connectivity index (χ0) is 31.8. The van der Waals surface area contributed by atoms with E-state index in [1.54, 1.807) is 0 Å². The largest absolute Gasteiger partial charge is 0.267 e. The fraction of sp³-hybridized carbons (Fsp3) is 0.632. The first-order valence-corrected chi connectivity index (χ1v) is 17.9. The zero-order valence-corrected chi connectivity index (χ0v) is 29.6. The molecule has 3 nitrogen and oxygen atoms in total. The van der Waals surface area contributed by atoms with Crippen LogP contribution >= 0.6 is 0 Å². The molecule has 0 fully saturated rings. The van der Waals surface area contributed by atoms with Gasteiger partial charge in [-0.2, -0.15) is 8.42 Å². The zero-order valence-electron chi connectivity index (χ0n) is 28.8. The van der Waals surface area contributed by atoms with Crippen molar-refractivity contribution in [2.24, 2.45) is 0 Å². The molecule has 0 unspecified atom stereocenters. The Morgan fingerprint density at radius 1 is 0.476 bits per heavy atom. The van der Waals surface area contributed by atoms with Crippen LogP contribution in [0.15, 0.2) is 81.5 Å². The van der Waals surface area contributed by atoms with Crippen molar-refractivity contribution in [1.29, 1.82) is 0 Å². The van der Waals surface area contributed by atoms with Crippen LogP contribution in [0.25, 0.3) is 0 Å². The van der Waals surface area contributed by atoms with Gasteiger partial charge >= 0.3 is 0 Å². The van der Waals surface area contributed by atoms with Crippen molar-refractivity contribution < 1.29 is 12.6 Å². The number of hydrogen-bond acceptors (Lipinski definition) is 3. The summed E-state index contributed by atoms with van der Waals surface area (Å²) in [5, 5.41) is 0. The Hall–Kier alpha value is -1.91. The lowest BCUT2D eigenvalue weighted by atomic mass is 10.0. The monoisotopic (exact) mass is 600 g/mol. The topological polar surface area (TPSA) is 43.4 Å². The van der Waals surface area contributed by atoms with Crippen LogP contribution in [0.2, 0.25) is 0 Å². The van der Waals surface area contributed by atoms with Crippen LogP contribution in [0, 0.1) is 0 Å². The predicted octanol–water partition coefficient (Wildman–Crippen LogP) is 12.1. The molecular formula is C38H64O3S. The van der Waals surface area contributed by atoms with Gasteiger partial charge in [-0.05, 0) is 139 Å². The Labute approximate surface area is 261 Å². The van der Waals surface area contributed by atoms with Gasteiger partial charge in [0.25, 0.3) is 10.1 Å². The summed E-state index contributed by atoms with van der Waals surface area (Å²) in [7, 11) is -3.37. The van der Waals surface area contributed by atoms with E-state index < -0.39 is 10.1 Å². The fourth-order valence-corrected chi connectivity index (χ4v) is 5.41. The maximum atomic E-state index is 11.6. The van der Waals surface area contributed by atoms with Crippen LogP contribution in [-0.2, 0) is 14.3 Å². The number of hydrogen-bond donors (Lipinski definition) is 0. The minimum absolute atomic E-state index is 0.0834. The summed E-state index contributed by atoms with van der Waals surface area (Å²) in [5.74, 6) is 0.0834. The van der Waals surface area contributed by atoms with E-state index in [2.05, 4.69) is 84.9 Å². The second-order valence-electron chi connectivity index (χ2n) is 12.4. The van der Waals surface area contributed by atoms with Crippen LogP contribution < -0.4 is 0 Å². The van der Waals surface area contributed by atoms with Gasteiger partial charge in [0.2, 0.25) is 0 Å². The molecule has 0 aromatic rings. The molecule has 0 aromatic carbocycles. The molecule has 240 valence electrons. The summed E-state index contributed by atoms with van der Waals surface area (Å²) in [6.07, 6.45) is 30.0. The summed E-state index contributed by atoms with van der Waals surface area (Å²) < 4.78 is 28.2. The van der Waals surface area contributed by atoms with Crippen molar-refractivity contribution in [3.63, 3.8) is 0 Å². The maximum absolute atomic E-state index is 11.6. The SMILES string of the molecule is CCCS(=O)(=O)OC/C=C(\C)CC/C=C(\C)CC/C=C(\C)CC/C=C(\C)CCC=C(C)CCC=C(C)CCC=C(C)C. The molecule has 0 aliphatic rings. The number of rotatable bonds is 23. The Bertz CT molecular complexity index is 1070. The van der Waals surface area contributed by atoms with Gasteiger partial charge in [-0.3, -0.25) is 4.18 Å². The molecule has 0 saturated carbocycles. The van der Waals surface area contributed by atoms with Gasteiger partial charge in [0, 0.05) is 0 Å². The molecule has 0 bridgehead atoms. The second-order valence-corrected chi connectivity index (χ2v) is 14.1. The van der Waals surface area contributed by atoms with Crippen molar-refractivity contribution in [2.75, 3.05) is 12.4 Å². The maximum Gasteiger partial charge on any atom is 0.267 e. The molecule has 0 spiro atoms. The first-order chi connectivity index (χ1) is 19.8. The van der Waals surface area contributed by atoms with E-state index in [-0.39, 0.29) is 12.4 Å². The minimum atomic E-state index is -3.37. The van der Waals surface area contributed by atoms with Gasteiger partial charge in [-0.25, -0.2) is 0 Å². The molecule has 0 aromatic heterocycles. The highest BCUT2D eigenvalue weighted by Gasteiger charge is 2.07. The van der Waals surface area contributed by atoms with Gasteiger partial charge in [-0.1, -0.05) is 88.5 Å². The Kier molecular flexibility index (Phi) is 23.4. The lowest BCUT2D eigenvalue weighted by molar-refractivity contribution is 0.356. The van der Waals surface area contributed by atoms with E-state index in [0.717, 1.165) is 64.2 Å². The molecule has 0 N–H and O–H groups in total. The van der Waals surface area contributed by atoms with Crippen LogP contribution in [-0.4, -0.2) is 20.8 Å². The van der Waals surface area contributed by atoms with E-state index in [1.165, 1.54) is 51.9 Å². The third-order valence-electron chi connectivity index (χ3n) is 7.38. The fourth-order valence-electron chi connectivity index (χ4n) is 4.52. The van der Waals surface area contributed by atoms with Gasteiger partial charge < -0.3 is 0 Å². The van der Waals surface area contributed by atoms with Crippen LogP contribution in [0.4, 0.5) is 0 Å². The van der Waals surface area contributed by atoms with Crippen molar-refractivity contribution in [2.45, 2.75) is 146 Å². The minimum Gasteiger partial charge on any atom is -0.266 e. The summed E-state index contributed by atoms with van der Waals surface area (Å²) in [4.78, 5) is 0. The van der Waals surface area contributed by atoms with E-state index in [0.29, 0.717) is 6.42 Å². The highest BCUT2D eigenvalue weighted by molar-refractivity contribution is 7.86. The third kappa shape index (κ3) is 25.8. The number of allylic oxidation sites excluding steroid dienone is 13. The first-order valence-electron chi connectivity index (χ1n) is 16.3. The molecule has 0 atom stereocenters. The van der Waals surface area contributed by atoms with Gasteiger partial charge in [0.15, 0.2) is 0 Å². The normalized spacial score (nSPS) is 14.5. The van der Waals surface area contributed by atoms with Gasteiger partial charge in [0.05, 0.1) is 12.4 Å². The Balaban J connectivity index is 4.21. The smallest absolute Gasteiger partial charge is 0.266 e. The van der Waals surface area contributed by atoms with Crippen LogP contribution in [0.1, 0.15) is 146 Å². The Morgan fingerprint density at radius 3 is 1.05 bits per heavy atom. The molecule has 4 heteroatoms. The van der Waals surface area contributed by atoms with E-state index in [4.69, 9.17) is 4.18 Å². The van der Waals surface area contributed by atoms with E-state index in [9.17, 15) is 8.42 Å². The molecule has 0 radical (unpaired) electrons. The predicted molar refractivity (Wildman–Crippen MR) is 187 cm³/mol. The average Bonchev–Trinajstić information content (AvgIpc) is 2.88. The molecule has 0 heterocycles. The van der Waals surface area contributed by atoms with Crippen molar-refractivity contribution in [1.82, 2.24) is 0 Å². The van der Waals surface area contributed by atoms with E-state index in [1.807, 2.05) is 19.9 Å². The molecule has 0 aliphatic carbocycles. The molecule has 0 amide bonds. The molecule has 0 saturated heterocycles. The lowest BCUT2D eigenvalue weighted by Crippen LogP contribution is -2.09. The van der Waals surface area contributed by atoms with Crippen molar-refractivity contribution >= 4 is 10.1 Å². The molecule has 0 rings (SSSR count). The summed E-state index contributed by atoms with van der Waals surface area (Å²) in [5.41, 5.74) is 9.99. The summed E-state index contributed by atoms with van der Waals surface area (Å²) in [6, 6.07) is 0. The molecule has 42 heavy (non-hydrogen) atoms. The second kappa shape index (κ2) is 24.5. The standard InChI is InChI=1S/C38H64O3S/c1-10-31-42(39,40)41-30-29-38(9)28-16-27-37(8)26-15-25-36(7)24-14-23-35(6)22-13-21-34(5)20-12-19-33(4)18-11-17-32(2)3/h17,19,21,23,25,27,29H,10-16,18,20,22,24,26,28,30-31H2,1-9H3/b33-19?,34-21?,35-23+,36-25+,37-27+,38-29+. The quantitative estimate of drug-likeness (QED) is 0.0865. The Morgan fingerprint density at radius 2 is 0.762 bits per heavy atom. The highest BCUT2D eigenvalue weighted by Crippen LogP contribution is 2.16. The third-order valence-corrected chi connectivity index (χ3v) is 8.79. The van der Waals surface area contributed by atoms with Crippen LogP contribution in [0.3, 0.4) is 0 Å². The molecular weight excluding hydrogens is 536 g/mol. The van der Waals surface area contributed by atoms with Crippen molar-refractivity contribution in [3.05, 3.63) is 81.5 Å². The van der Waals surface area contributed by atoms with Gasteiger partial charge in [-0.15, -0.1) is 0 Å². The lowest BCUT2D eigenvalue weighted by Gasteiger charge is -2.04. The average molecular weight is 601 g/mol. The first kappa shape index (κ1) is 40.1. The van der Waals surface area contributed by atoms with Crippen LogP contribution in [0.5, 0.6) is 0 Å². The van der Waals surface area contributed by atoms with E-state index >= 15 is 0 Å². The highest BCUT2D eigenvalue weighted by atomic mass is 32.2.